The van der Waals surface area contributed by atoms with Gasteiger partial charge in [-0.15, -0.1) is 0 Å². The lowest BCUT2D eigenvalue weighted by Gasteiger charge is -2.07. The van der Waals surface area contributed by atoms with E-state index in [9.17, 15) is 4.79 Å². The Hall–Kier alpha value is -3.34. The van der Waals surface area contributed by atoms with Crippen molar-refractivity contribution >= 4 is 22.5 Å². The van der Waals surface area contributed by atoms with E-state index in [-0.39, 0.29) is 5.91 Å². The summed E-state index contributed by atoms with van der Waals surface area (Å²) in [5.74, 6) is 0.510. The van der Waals surface area contributed by atoms with Gasteiger partial charge in [-0.05, 0) is 37.6 Å². The number of nitrogens with zero attached hydrogens (tertiary/aromatic N) is 1. The van der Waals surface area contributed by atoms with Gasteiger partial charge in [0.2, 0.25) is 0 Å². The molecule has 4 rings (SSSR count). The average Bonchev–Trinajstić information content (AvgIpc) is 3.24. The highest BCUT2D eigenvalue weighted by Gasteiger charge is 2.14. The van der Waals surface area contributed by atoms with Crippen LogP contribution in [0.4, 0.5) is 5.69 Å². The molecule has 0 spiro atoms. The van der Waals surface area contributed by atoms with Gasteiger partial charge >= 0.3 is 0 Å². The number of aromatic nitrogens is 2. The van der Waals surface area contributed by atoms with Crippen molar-refractivity contribution in [1.82, 2.24) is 9.97 Å². The number of carbonyl (C=O) groups is 1. The molecular weight excluding hydrogens is 314 g/mol. The number of hydrogen-bond acceptors (Lipinski definition) is 3. The zero-order chi connectivity index (χ0) is 17.4. The SMILES string of the molecule is Cc1[nH]c2c(C(=O)Nc3cccc(-c4cnco4)c3)cccc2c1C. The van der Waals surface area contributed by atoms with Crippen molar-refractivity contribution in [2.45, 2.75) is 13.8 Å². The van der Waals surface area contributed by atoms with E-state index in [4.69, 9.17) is 4.42 Å². The van der Waals surface area contributed by atoms with Crippen LogP contribution in [0.3, 0.4) is 0 Å². The summed E-state index contributed by atoms with van der Waals surface area (Å²) < 4.78 is 5.31. The number of rotatable bonds is 3. The Morgan fingerprint density at radius 1 is 1.16 bits per heavy atom. The molecule has 0 atom stereocenters. The number of H-pyrrole nitrogens is 1. The van der Waals surface area contributed by atoms with Crippen LogP contribution in [0.5, 0.6) is 0 Å². The first-order valence-electron chi connectivity index (χ1n) is 8.01. The summed E-state index contributed by atoms with van der Waals surface area (Å²) in [7, 11) is 0. The number of aryl methyl sites for hydroxylation is 2. The van der Waals surface area contributed by atoms with Gasteiger partial charge in [-0.2, -0.15) is 0 Å². The molecule has 0 bridgehead atoms. The van der Waals surface area contributed by atoms with Gasteiger partial charge in [0.05, 0.1) is 17.3 Å². The van der Waals surface area contributed by atoms with Crippen LogP contribution in [-0.4, -0.2) is 15.9 Å². The third kappa shape index (κ3) is 2.70. The van der Waals surface area contributed by atoms with Gasteiger partial charge < -0.3 is 14.7 Å². The van der Waals surface area contributed by atoms with Crippen molar-refractivity contribution < 1.29 is 9.21 Å². The molecule has 0 aliphatic carbocycles. The topological polar surface area (TPSA) is 70.9 Å². The summed E-state index contributed by atoms with van der Waals surface area (Å²) >= 11 is 0. The van der Waals surface area contributed by atoms with Gasteiger partial charge in [0, 0.05) is 22.3 Å². The van der Waals surface area contributed by atoms with Crippen LogP contribution in [0.25, 0.3) is 22.2 Å². The lowest BCUT2D eigenvalue weighted by Crippen LogP contribution is -2.12. The average molecular weight is 331 g/mol. The van der Waals surface area contributed by atoms with Gasteiger partial charge in [0.15, 0.2) is 12.2 Å². The van der Waals surface area contributed by atoms with E-state index in [0.29, 0.717) is 17.0 Å². The Morgan fingerprint density at radius 3 is 2.80 bits per heavy atom. The van der Waals surface area contributed by atoms with E-state index in [2.05, 4.69) is 22.2 Å². The number of benzene rings is 2. The first-order valence-corrected chi connectivity index (χ1v) is 8.01. The summed E-state index contributed by atoms with van der Waals surface area (Å²) in [6.45, 7) is 4.06. The van der Waals surface area contributed by atoms with Crippen LogP contribution in [0.2, 0.25) is 0 Å². The number of hydrogen-bond donors (Lipinski definition) is 2. The van der Waals surface area contributed by atoms with Crippen molar-refractivity contribution in [2.24, 2.45) is 0 Å². The number of aromatic amines is 1. The molecule has 0 aliphatic rings. The standard InChI is InChI=1S/C20H17N3O2/c1-12-13(2)22-19-16(12)7-4-8-17(19)20(24)23-15-6-3-5-14(9-15)18-10-21-11-25-18/h3-11,22H,1-2H3,(H,23,24). The minimum atomic E-state index is -0.151. The monoisotopic (exact) mass is 331 g/mol. The quantitative estimate of drug-likeness (QED) is 0.572. The summed E-state index contributed by atoms with van der Waals surface area (Å²) in [6, 6.07) is 13.3. The number of carbonyl (C=O) groups excluding carboxylic acids is 1. The summed E-state index contributed by atoms with van der Waals surface area (Å²) in [5.41, 5.74) is 5.29. The molecule has 2 N–H and O–H groups in total. The Labute approximate surface area is 144 Å². The molecule has 25 heavy (non-hydrogen) atoms. The van der Waals surface area contributed by atoms with Gasteiger partial charge in [0.25, 0.3) is 5.91 Å². The molecule has 2 heterocycles. The number of para-hydroxylation sites is 1. The highest BCUT2D eigenvalue weighted by molar-refractivity contribution is 6.12. The predicted octanol–water partition coefficient (Wildman–Crippen LogP) is 4.69. The number of fused-ring (bicyclic) bond motifs is 1. The second-order valence-corrected chi connectivity index (χ2v) is 6.00. The van der Waals surface area contributed by atoms with Crippen LogP contribution in [0, 0.1) is 13.8 Å². The largest absolute Gasteiger partial charge is 0.444 e. The number of anilines is 1. The first kappa shape index (κ1) is 15.2. The lowest BCUT2D eigenvalue weighted by atomic mass is 10.1. The molecule has 0 aliphatic heterocycles. The highest BCUT2D eigenvalue weighted by Crippen LogP contribution is 2.26. The molecule has 2 aromatic heterocycles. The Balaban J connectivity index is 1.67. The number of nitrogens with one attached hydrogen (secondary N) is 2. The second-order valence-electron chi connectivity index (χ2n) is 6.00. The maximum absolute atomic E-state index is 12.8. The van der Waals surface area contributed by atoms with Gasteiger partial charge in [-0.1, -0.05) is 24.3 Å². The first-order chi connectivity index (χ1) is 12.1. The fourth-order valence-electron chi connectivity index (χ4n) is 2.98. The Morgan fingerprint density at radius 2 is 2.00 bits per heavy atom. The van der Waals surface area contributed by atoms with E-state index >= 15 is 0 Å². The van der Waals surface area contributed by atoms with E-state index < -0.39 is 0 Å². The molecular formula is C20H17N3O2. The maximum atomic E-state index is 12.8. The third-order valence-electron chi connectivity index (χ3n) is 4.43. The van der Waals surface area contributed by atoms with E-state index in [1.165, 1.54) is 6.39 Å². The normalized spacial score (nSPS) is 11.0. The van der Waals surface area contributed by atoms with Crippen molar-refractivity contribution in [3.05, 3.63) is 71.9 Å². The molecule has 0 unspecified atom stereocenters. The van der Waals surface area contributed by atoms with Crippen LogP contribution in [0.15, 0.2) is 59.5 Å². The predicted molar refractivity (Wildman–Crippen MR) is 97.7 cm³/mol. The summed E-state index contributed by atoms with van der Waals surface area (Å²) in [5, 5.41) is 4.03. The van der Waals surface area contributed by atoms with E-state index in [1.807, 2.05) is 49.4 Å². The molecule has 2 aromatic carbocycles. The highest BCUT2D eigenvalue weighted by atomic mass is 16.3. The molecule has 1 amide bonds. The van der Waals surface area contributed by atoms with Crippen molar-refractivity contribution in [1.29, 1.82) is 0 Å². The van der Waals surface area contributed by atoms with Gasteiger partial charge in [-0.3, -0.25) is 4.79 Å². The molecule has 124 valence electrons. The molecule has 0 radical (unpaired) electrons. The Kier molecular flexibility index (Phi) is 3.61. The minimum Gasteiger partial charge on any atom is -0.444 e. The number of oxazole rings is 1. The second kappa shape index (κ2) is 5.94. The van der Waals surface area contributed by atoms with Crippen LogP contribution in [-0.2, 0) is 0 Å². The van der Waals surface area contributed by atoms with Gasteiger partial charge in [-0.25, -0.2) is 4.98 Å². The summed E-state index contributed by atoms with van der Waals surface area (Å²) in [4.78, 5) is 20.0. The van der Waals surface area contributed by atoms with Crippen LogP contribution < -0.4 is 5.32 Å². The summed E-state index contributed by atoms with van der Waals surface area (Å²) in [6.07, 6.45) is 3.03. The molecule has 5 heteroatoms. The van der Waals surface area contributed by atoms with E-state index in [1.54, 1.807) is 6.20 Å². The fraction of sp³-hybridized carbons (Fsp3) is 0.100. The Bertz CT molecular complexity index is 1060. The third-order valence-corrected chi connectivity index (χ3v) is 4.43. The molecule has 4 aromatic rings. The maximum Gasteiger partial charge on any atom is 0.257 e. The van der Waals surface area contributed by atoms with Crippen molar-refractivity contribution in [3.63, 3.8) is 0 Å². The van der Waals surface area contributed by atoms with Crippen molar-refractivity contribution in [2.75, 3.05) is 5.32 Å². The molecule has 5 nitrogen and oxygen atoms in total. The van der Waals surface area contributed by atoms with Crippen LogP contribution >= 0.6 is 0 Å². The molecule has 0 saturated heterocycles. The zero-order valence-electron chi connectivity index (χ0n) is 14.0. The zero-order valence-corrected chi connectivity index (χ0v) is 14.0. The fourth-order valence-corrected chi connectivity index (χ4v) is 2.98. The molecule has 0 saturated carbocycles. The smallest absolute Gasteiger partial charge is 0.257 e. The lowest BCUT2D eigenvalue weighted by molar-refractivity contribution is 0.102. The van der Waals surface area contributed by atoms with Crippen LogP contribution in [0.1, 0.15) is 21.6 Å². The number of amides is 1. The van der Waals surface area contributed by atoms with E-state index in [0.717, 1.165) is 27.7 Å². The van der Waals surface area contributed by atoms with Gasteiger partial charge in [0.1, 0.15) is 0 Å². The minimum absolute atomic E-state index is 0.151. The van der Waals surface area contributed by atoms with Crippen molar-refractivity contribution in [3.8, 4) is 11.3 Å². The molecule has 0 fully saturated rings.